The second kappa shape index (κ2) is 10.1. The topological polar surface area (TPSA) is 70.7 Å². The fourth-order valence-electron chi connectivity index (χ4n) is 2.61. The average molecular weight is 367 g/mol. The predicted octanol–water partition coefficient (Wildman–Crippen LogP) is 2.68. The Morgan fingerprint density at radius 1 is 1.11 bits per heavy atom. The van der Waals surface area contributed by atoms with Crippen molar-refractivity contribution in [3.63, 3.8) is 0 Å². The zero-order chi connectivity index (χ0) is 19.6. The summed E-state index contributed by atoms with van der Waals surface area (Å²) in [5.74, 6) is 0.509. The normalized spacial score (nSPS) is 10.3. The highest BCUT2D eigenvalue weighted by atomic mass is 16.5. The molecule has 0 radical (unpaired) electrons. The molecule has 27 heavy (non-hydrogen) atoms. The van der Waals surface area contributed by atoms with E-state index in [0.717, 1.165) is 11.3 Å². The highest BCUT2D eigenvalue weighted by molar-refractivity contribution is 5.96. The molecule has 2 aromatic carbocycles. The van der Waals surface area contributed by atoms with Crippen LogP contribution in [0.1, 0.15) is 15.9 Å². The first-order valence-corrected chi connectivity index (χ1v) is 8.64. The van der Waals surface area contributed by atoms with Crippen LogP contribution in [0.5, 0.6) is 5.75 Å². The first kappa shape index (κ1) is 20.2. The van der Waals surface area contributed by atoms with Crippen molar-refractivity contribution >= 4 is 17.5 Å². The van der Waals surface area contributed by atoms with E-state index in [9.17, 15) is 9.59 Å². The van der Waals surface area contributed by atoms with Crippen molar-refractivity contribution in [1.29, 1.82) is 0 Å². The van der Waals surface area contributed by atoms with Crippen molar-refractivity contribution in [2.45, 2.75) is 6.54 Å². The van der Waals surface area contributed by atoms with Gasteiger partial charge in [0.25, 0.3) is 5.91 Å². The fourth-order valence-corrected chi connectivity index (χ4v) is 2.61. The maximum atomic E-state index is 12.4. The summed E-state index contributed by atoms with van der Waals surface area (Å²) in [6, 6.07) is 14.5. The second-order valence-electron chi connectivity index (χ2n) is 6.01. The monoisotopic (exact) mass is 367 g/mol. The number of ether oxygens (including phenoxy) is 1. The van der Waals surface area contributed by atoms with E-state index >= 15 is 0 Å². The van der Waals surface area contributed by atoms with Crippen molar-refractivity contribution in [2.24, 2.45) is 0 Å². The van der Waals surface area contributed by atoms with Crippen LogP contribution in [-0.4, -0.2) is 44.0 Å². The Kier molecular flexibility index (Phi) is 7.58. The van der Waals surface area contributed by atoms with Gasteiger partial charge in [0.2, 0.25) is 5.91 Å². The van der Waals surface area contributed by atoms with Gasteiger partial charge in [-0.1, -0.05) is 18.2 Å². The van der Waals surface area contributed by atoms with E-state index in [-0.39, 0.29) is 18.4 Å². The van der Waals surface area contributed by atoms with Gasteiger partial charge in [-0.15, -0.1) is 6.58 Å². The van der Waals surface area contributed by atoms with Crippen molar-refractivity contribution in [2.75, 3.05) is 32.6 Å². The molecule has 0 bridgehead atoms. The molecule has 0 fully saturated rings. The van der Waals surface area contributed by atoms with Gasteiger partial charge in [0.05, 0.1) is 13.7 Å². The second-order valence-corrected chi connectivity index (χ2v) is 6.01. The molecule has 6 heteroatoms. The first-order valence-electron chi connectivity index (χ1n) is 8.64. The van der Waals surface area contributed by atoms with Crippen LogP contribution >= 0.6 is 0 Å². The van der Waals surface area contributed by atoms with Crippen molar-refractivity contribution in [3.05, 3.63) is 72.3 Å². The number of amides is 2. The Bertz CT molecular complexity index is 770. The zero-order valence-corrected chi connectivity index (χ0v) is 15.7. The van der Waals surface area contributed by atoms with Crippen molar-refractivity contribution in [1.82, 2.24) is 10.2 Å². The first-order chi connectivity index (χ1) is 13.0. The molecule has 0 saturated carbocycles. The SMILES string of the molecule is C=CCN(CC(=O)Nc1ccc(C(=O)NC)cc1)Cc1ccc(OC)cc1. The summed E-state index contributed by atoms with van der Waals surface area (Å²) in [5, 5.41) is 5.41. The largest absolute Gasteiger partial charge is 0.497 e. The van der Waals surface area contributed by atoms with Crippen LogP contribution in [0.2, 0.25) is 0 Å². The summed E-state index contributed by atoms with van der Waals surface area (Å²) < 4.78 is 5.16. The Morgan fingerprint density at radius 3 is 2.33 bits per heavy atom. The molecule has 2 amide bonds. The number of methoxy groups -OCH3 is 1. The van der Waals surface area contributed by atoms with Crippen molar-refractivity contribution in [3.8, 4) is 5.75 Å². The number of hydrogen-bond donors (Lipinski definition) is 2. The van der Waals surface area contributed by atoms with Crippen LogP contribution in [0, 0.1) is 0 Å². The summed E-state index contributed by atoms with van der Waals surface area (Å²) in [7, 11) is 3.21. The van der Waals surface area contributed by atoms with E-state index < -0.39 is 0 Å². The molecule has 2 rings (SSSR count). The fraction of sp³-hybridized carbons (Fsp3) is 0.238. The number of rotatable bonds is 9. The lowest BCUT2D eigenvalue weighted by Crippen LogP contribution is -2.33. The Hall–Kier alpha value is -3.12. The molecule has 2 N–H and O–H groups in total. The van der Waals surface area contributed by atoms with E-state index in [4.69, 9.17) is 4.74 Å². The van der Waals surface area contributed by atoms with E-state index in [0.29, 0.717) is 24.3 Å². The number of nitrogens with zero attached hydrogens (tertiary/aromatic N) is 1. The quantitative estimate of drug-likeness (QED) is 0.669. The van der Waals surface area contributed by atoms with Crippen LogP contribution in [0.15, 0.2) is 61.2 Å². The third-order valence-electron chi connectivity index (χ3n) is 3.98. The van der Waals surface area contributed by atoms with Crippen LogP contribution in [0.25, 0.3) is 0 Å². The van der Waals surface area contributed by atoms with Crippen LogP contribution in [-0.2, 0) is 11.3 Å². The highest BCUT2D eigenvalue weighted by Gasteiger charge is 2.11. The van der Waals surface area contributed by atoms with Gasteiger partial charge in [0, 0.05) is 31.4 Å². The summed E-state index contributed by atoms with van der Waals surface area (Å²) in [4.78, 5) is 25.9. The molecular formula is C21H25N3O3. The maximum absolute atomic E-state index is 12.4. The summed E-state index contributed by atoms with van der Waals surface area (Å²) in [6.07, 6.45) is 1.77. The molecule has 6 nitrogen and oxygen atoms in total. The van der Waals surface area contributed by atoms with Gasteiger partial charge in [-0.25, -0.2) is 0 Å². The van der Waals surface area contributed by atoms with E-state index in [2.05, 4.69) is 17.2 Å². The molecular weight excluding hydrogens is 342 g/mol. The van der Waals surface area contributed by atoms with Crippen LogP contribution in [0.4, 0.5) is 5.69 Å². The number of hydrogen-bond acceptors (Lipinski definition) is 4. The molecule has 0 aliphatic heterocycles. The smallest absolute Gasteiger partial charge is 0.251 e. The van der Waals surface area contributed by atoms with Crippen LogP contribution in [0.3, 0.4) is 0 Å². The van der Waals surface area contributed by atoms with Gasteiger partial charge in [-0.3, -0.25) is 14.5 Å². The minimum Gasteiger partial charge on any atom is -0.497 e. The lowest BCUT2D eigenvalue weighted by Gasteiger charge is -2.20. The van der Waals surface area contributed by atoms with Crippen molar-refractivity contribution < 1.29 is 14.3 Å². The highest BCUT2D eigenvalue weighted by Crippen LogP contribution is 2.14. The van der Waals surface area contributed by atoms with Gasteiger partial charge >= 0.3 is 0 Å². The number of carbonyl (C=O) groups excluding carboxylic acids is 2. The van der Waals surface area contributed by atoms with E-state index in [1.54, 1.807) is 44.5 Å². The molecule has 0 aliphatic rings. The predicted molar refractivity (Wildman–Crippen MR) is 107 cm³/mol. The molecule has 0 spiro atoms. The molecule has 0 aliphatic carbocycles. The van der Waals surface area contributed by atoms with E-state index in [1.807, 2.05) is 29.2 Å². The molecule has 142 valence electrons. The molecule has 0 atom stereocenters. The van der Waals surface area contributed by atoms with Gasteiger partial charge in [0.1, 0.15) is 5.75 Å². The summed E-state index contributed by atoms with van der Waals surface area (Å²) in [5.41, 5.74) is 2.28. The maximum Gasteiger partial charge on any atom is 0.251 e. The number of benzene rings is 2. The van der Waals surface area contributed by atoms with Gasteiger partial charge in [-0.05, 0) is 42.0 Å². The number of nitrogens with one attached hydrogen (secondary N) is 2. The third-order valence-corrected chi connectivity index (χ3v) is 3.98. The molecule has 0 saturated heterocycles. The minimum absolute atomic E-state index is 0.127. The summed E-state index contributed by atoms with van der Waals surface area (Å²) in [6.45, 7) is 5.21. The Morgan fingerprint density at radius 2 is 1.78 bits per heavy atom. The van der Waals surface area contributed by atoms with Gasteiger partial charge in [-0.2, -0.15) is 0 Å². The standard InChI is InChI=1S/C21H25N3O3/c1-4-13-24(14-16-5-11-19(27-3)12-6-16)15-20(25)23-18-9-7-17(8-10-18)21(26)22-2/h4-12H,1,13-15H2,2-3H3,(H,22,26)(H,23,25). The zero-order valence-electron chi connectivity index (χ0n) is 15.7. The average Bonchev–Trinajstić information content (AvgIpc) is 2.68. The lowest BCUT2D eigenvalue weighted by molar-refractivity contribution is -0.117. The van der Waals surface area contributed by atoms with Crippen LogP contribution < -0.4 is 15.4 Å². The molecule has 0 heterocycles. The lowest BCUT2D eigenvalue weighted by atomic mass is 10.2. The Balaban J connectivity index is 1.95. The van der Waals surface area contributed by atoms with E-state index in [1.165, 1.54) is 0 Å². The molecule has 2 aromatic rings. The summed E-state index contributed by atoms with van der Waals surface area (Å²) >= 11 is 0. The minimum atomic E-state index is -0.162. The molecule has 0 unspecified atom stereocenters. The molecule has 0 aromatic heterocycles. The third kappa shape index (κ3) is 6.27. The number of anilines is 1. The van der Waals surface area contributed by atoms with Gasteiger partial charge in [0.15, 0.2) is 0 Å². The number of carbonyl (C=O) groups is 2. The Labute approximate surface area is 159 Å². The van der Waals surface area contributed by atoms with Gasteiger partial charge < -0.3 is 15.4 Å².